The fraction of sp³-hybridized carbons (Fsp3) is 0.296. The number of benzene rings is 2. The molecule has 0 N–H and O–H groups in total. The second kappa shape index (κ2) is 7.59. The van der Waals surface area contributed by atoms with E-state index in [1.54, 1.807) is 0 Å². The van der Waals surface area contributed by atoms with E-state index in [1.165, 1.54) is 29.1 Å². The summed E-state index contributed by atoms with van der Waals surface area (Å²) < 4.78 is 17.9. The van der Waals surface area contributed by atoms with Gasteiger partial charge in [-0.15, -0.1) is 0 Å². The monoisotopic (exact) mass is 441 g/mol. The third-order valence-electron chi connectivity index (χ3n) is 7.21. The van der Waals surface area contributed by atoms with E-state index in [9.17, 15) is 4.39 Å². The zero-order valence-electron chi connectivity index (χ0n) is 19.2. The largest absolute Gasteiger partial charge is 0.370 e. The van der Waals surface area contributed by atoms with Crippen molar-refractivity contribution in [3.05, 3.63) is 78.5 Å². The van der Waals surface area contributed by atoms with Crippen molar-refractivity contribution in [1.29, 1.82) is 0 Å². The normalized spacial score (nSPS) is 19.4. The molecule has 0 amide bonds. The van der Waals surface area contributed by atoms with Crippen molar-refractivity contribution in [2.24, 2.45) is 5.92 Å². The van der Waals surface area contributed by atoms with Crippen molar-refractivity contribution in [2.45, 2.75) is 19.5 Å². The van der Waals surface area contributed by atoms with Gasteiger partial charge in [-0.05, 0) is 67.5 Å². The van der Waals surface area contributed by atoms with E-state index in [-0.39, 0.29) is 5.82 Å². The van der Waals surface area contributed by atoms with Crippen LogP contribution in [0.15, 0.2) is 67.1 Å². The minimum atomic E-state index is -0.218. The van der Waals surface area contributed by atoms with Gasteiger partial charge in [0.25, 0.3) is 0 Å². The van der Waals surface area contributed by atoms with Crippen LogP contribution in [0.4, 0.5) is 10.1 Å². The number of halogens is 1. The van der Waals surface area contributed by atoms with Crippen molar-refractivity contribution in [3.63, 3.8) is 0 Å². The molecule has 0 radical (unpaired) electrons. The molecule has 1 fully saturated rings. The van der Waals surface area contributed by atoms with E-state index in [1.807, 2.05) is 24.5 Å². The molecule has 2 atom stereocenters. The van der Waals surface area contributed by atoms with Crippen molar-refractivity contribution in [2.75, 3.05) is 32.1 Å². The molecule has 0 unspecified atom stereocenters. The number of fused-ring (bicyclic) bond motifs is 5. The molecule has 2 aliphatic rings. The number of hydrogen-bond acceptors (Lipinski definition) is 3. The molecule has 6 rings (SSSR count). The quantitative estimate of drug-likeness (QED) is 0.399. The molecule has 4 heterocycles. The van der Waals surface area contributed by atoms with Gasteiger partial charge in [0.05, 0.1) is 11.4 Å². The Hall–Kier alpha value is -3.38. The summed E-state index contributed by atoms with van der Waals surface area (Å²) in [5.74, 6) is 1.34. The van der Waals surface area contributed by atoms with Crippen molar-refractivity contribution in [3.8, 4) is 28.3 Å². The average molecular weight is 442 g/mol. The van der Waals surface area contributed by atoms with Gasteiger partial charge in [-0.2, -0.15) is 0 Å². The first-order valence-electron chi connectivity index (χ1n) is 11.5. The molecule has 5 nitrogen and oxygen atoms in total. The summed E-state index contributed by atoms with van der Waals surface area (Å²) in [7, 11) is 4.35. The van der Waals surface area contributed by atoms with Crippen LogP contribution in [0.25, 0.3) is 28.3 Å². The first kappa shape index (κ1) is 20.2. The Labute approximate surface area is 193 Å². The van der Waals surface area contributed by atoms with Crippen LogP contribution in [-0.2, 0) is 6.54 Å². The van der Waals surface area contributed by atoms with Crippen LogP contribution in [0.2, 0.25) is 0 Å². The van der Waals surface area contributed by atoms with Gasteiger partial charge < -0.3 is 14.4 Å². The molecule has 4 aromatic rings. The summed E-state index contributed by atoms with van der Waals surface area (Å²) in [6, 6.07) is 16.2. The maximum atomic E-state index is 13.4. The fourth-order valence-electron chi connectivity index (χ4n) is 5.46. The van der Waals surface area contributed by atoms with E-state index in [2.05, 4.69) is 75.4 Å². The first-order valence-corrected chi connectivity index (χ1v) is 11.5. The van der Waals surface area contributed by atoms with Crippen LogP contribution >= 0.6 is 0 Å². The summed E-state index contributed by atoms with van der Waals surface area (Å²) in [6.07, 6.45) is 6.05. The van der Waals surface area contributed by atoms with Gasteiger partial charge in [-0.25, -0.2) is 9.37 Å². The molecule has 6 heteroatoms. The summed E-state index contributed by atoms with van der Waals surface area (Å²) >= 11 is 0. The van der Waals surface area contributed by atoms with Crippen LogP contribution in [0.1, 0.15) is 12.5 Å². The molecule has 2 aliphatic heterocycles. The van der Waals surface area contributed by atoms with Crippen LogP contribution < -0.4 is 4.90 Å². The highest BCUT2D eigenvalue weighted by Gasteiger charge is 2.31. The highest BCUT2D eigenvalue weighted by molar-refractivity contribution is 5.72. The van der Waals surface area contributed by atoms with E-state index in [0.717, 1.165) is 42.3 Å². The number of hydrogen-bond donors (Lipinski definition) is 0. The van der Waals surface area contributed by atoms with Gasteiger partial charge in [0.1, 0.15) is 5.82 Å². The lowest BCUT2D eigenvalue weighted by atomic mass is 10.1. The minimum absolute atomic E-state index is 0.218. The Balaban J connectivity index is 1.40. The van der Waals surface area contributed by atoms with Gasteiger partial charge in [0.2, 0.25) is 0 Å². The Morgan fingerprint density at radius 1 is 1.00 bits per heavy atom. The van der Waals surface area contributed by atoms with E-state index < -0.39 is 0 Å². The number of likely N-dealkylation sites (N-methyl/N-ethyl adjacent to an activating group) is 1. The molecular weight excluding hydrogens is 413 g/mol. The second-order valence-corrected chi connectivity index (χ2v) is 9.60. The van der Waals surface area contributed by atoms with Crippen LogP contribution in [-0.4, -0.2) is 52.2 Å². The predicted molar refractivity (Wildman–Crippen MR) is 130 cm³/mol. The Morgan fingerprint density at radius 3 is 2.58 bits per heavy atom. The van der Waals surface area contributed by atoms with E-state index >= 15 is 0 Å². The summed E-state index contributed by atoms with van der Waals surface area (Å²) in [5, 5.41) is 0. The SMILES string of the molecule is C[C@H]1CN(c2ccc3c(c2)Cn2cc(-c4ccc(F)cc4)cc2-c2nccn2-3)C[C@@H]1N(C)C. The topological polar surface area (TPSA) is 29.2 Å². The number of anilines is 1. The highest BCUT2D eigenvalue weighted by atomic mass is 19.1. The Morgan fingerprint density at radius 2 is 1.82 bits per heavy atom. The molecule has 0 saturated carbocycles. The zero-order chi connectivity index (χ0) is 22.7. The third-order valence-corrected chi connectivity index (χ3v) is 7.21. The first-order chi connectivity index (χ1) is 16.0. The molecule has 0 spiro atoms. The molecule has 2 aromatic carbocycles. The van der Waals surface area contributed by atoms with Crippen LogP contribution in [0.3, 0.4) is 0 Å². The lowest BCUT2D eigenvalue weighted by Crippen LogP contribution is -2.34. The minimum Gasteiger partial charge on any atom is -0.370 e. The maximum absolute atomic E-state index is 13.4. The average Bonchev–Trinajstić information content (AvgIpc) is 3.51. The highest BCUT2D eigenvalue weighted by Crippen LogP contribution is 2.36. The van der Waals surface area contributed by atoms with Crippen LogP contribution in [0, 0.1) is 11.7 Å². The number of nitrogens with zero attached hydrogens (tertiary/aromatic N) is 5. The summed E-state index contributed by atoms with van der Waals surface area (Å²) in [6.45, 7) is 5.23. The van der Waals surface area contributed by atoms with Gasteiger partial charge in [-0.1, -0.05) is 19.1 Å². The maximum Gasteiger partial charge on any atom is 0.161 e. The molecule has 168 valence electrons. The van der Waals surface area contributed by atoms with Gasteiger partial charge in [0.15, 0.2) is 5.82 Å². The fourth-order valence-corrected chi connectivity index (χ4v) is 5.46. The number of rotatable bonds is 3. The summed E-state index contributed by atoms with van der Waals surface area (Å²) in [5.41, 5.74) is 6.87. The van der Waals surface area contributed by atoms with E-state index in [4.69, 9.17) is 0 Å². The molecule has 0 aliphatic carbocycles. The van der Waals surface area contributed by atoms with Gasteiger partial charge >= 0.3 is 0 Å². The Kier molecular flexibility index (Phi) is 4.66. The number of aromatic nitrogens is 3. The van der Waals surface area contributed by atoms with Crippen molar-refractivity contribution < 1.29 is 4.39 Å². The second-order valence-electron chi connectivity index (χ2n) is 9.60. The molecule has 2 aromatic heterocycles. The van der Waals surface area contributed by atoms with Gasteiger partial charge in [0, 0.05) is 55.5 Å². The zero-order valence-corrected chi connectivity index (χ0v) is 19.2. The lowest BCUT2D eigenvalue weighted by Gasteiger charge is -2.23. The molecular formula is C27H28FN5. The molecule has 0 bridgehead atoms. The van der Waals surface area contributed by atoms with Crippen LogP contribution in [0.5, 0.6) is 0 Å². The molecule has 33 heavy (non-hydrogen) atoms. The van der Waals surface area contributed by atoms with E-state index in [0.29, 0.717) is 12.0 Å². The standard InChI is InChI=1S/C27H28FN5/c1-18-14-31(17-26(18)30(2)3)23-8-9-24-21(12-23)16-32-15-20(19-4-6-22(28)7-5-19)13-25(32)27-29-10-11-33(24)27/h4-13,15,18,26H,14,16-17H2,1-3H3/t18-,26-/m0/s1. The third kappa shape index (κ3) is 3.37. The van der Waals surface area contributed by atoms with Crippen molar-refractivity contribution >= 4 is 5.69 Å². The Bertz CT molecular complexity index is 1320. The number of imidazole rings is 1. The van der Waals surface area contributed by atoms with Crippen molar-refractivity contribution in [1.82, 2.24) is 19.0 Å². The summed E-state index contributed by atoms with van der Waals surface area (Å²) in [4.78, 5) is 9.54. The van der Waals surface area contributed by atoms with Gasteiger partial charge in [-0.3, -0.25) is 4.57 Å². The predicted octanol–water partition coefficient (Wildman–Crippen LogP) is 4.89. The smallest absolute Gasteiger partial charge is 0.161 e. The lowest BCUT2D eigenvalue weighted by molar-refractivity contribution is 0.266. The molecule has 1 saturated heterocycles.